The fourth-order valence-electron chi connectivity index (χ4n) is 2.11. The summed E-state index contributed by atoms with van der Waals surface area (Å²) in [5, 5.41) is 11.9. The first-order valence-corrected chi connectivity index (χ1v) is 9.32. The lowest BCUT2D eigenvalue weighted by molar-refractivity contribution is -0.119. The summed E-state index contributed by atoms with van der Waals surface area (Å²) in [6, 6.07) is 7.37. The third kappa shape index (κ3) is 6.17. The lowest BCUT2D eigenvalue weighted by Crippen LogP contribution is -2.34. The minimum absolute atomic E-state index is 0.0289. The number of carbonyl (C=O) groups is 1. The molecular weight excluding hydrogens is 346 g/mol. The van der Waals surface area contributed by atoms with Crippen molar-refractivity contribution in [2.24, 2.45) is 5.92 Å². The number of halogens is 1. The smallest absolute Gasteiger partial charge is 0.277 e. The Morgan fingerprint density at radius 1 is 1.29 bits per heavy atom. The van der Waals surface area contributed by atoms with Crippen molar-refractivity contribution in [2.45, 2.75) is 44.9 Å². The number of benzene rings is 1. The molecule has 0 aliphatic carbocycles. The average molecular weight is 368 g/mol. The lowest BCUT2D eigenvalue weighted by Gasteiger charge is -2.14. The van der Waals surface area contributed by atoms with Crippen molar-refractivity contribution in [3.8, 4) is 11.5 Å². The molecule has 1 aromatic carbocycles. The Labute approximate surface area is 151 Å². The summed E-state index contributed by atoms with van der Waals surface area (Å²) >= 11 is 7.18. The molecule has 0 unspecified atom stereocenters. The van der Waals surface area contributed by atoms with E-state index in [2.05, 4.69) is 29.4 Å². The Morgan fingerprint density at radius 3 is 2.79 bits per heavy atom. The second-order valence-electron chi connectivity index (χ2n) is 6.11. The van der Waals surface area contributed by atoms with E-state index >= 15 is 0 Å². The minimum Gasteiger partial charge on any atom is -0.411 e. The van der Waals surface area contributed by atoms with Crippen molar-refractivity contribution >= 4 is 29.3 Å². The van der Waals surface area contributed by atoms with Gasteiger partial charge >= 0.3 is 0 Å². The summed E-state index contributed by atoms with van der Waals surface area (Å²) < 4.78 is 5.56. The van der Waals surface area contributed by atoms with Crippen LogP contribution < -0.4 is 5.32 Å². The van der Waals surface area contributed by atoms with E-state index in [4.69, 9.17) is 16.0 Å². The van der Waals surface area contributed by atoms with Gasteiger partial charge in [0, 0.05) is 16.6 Å². The van der Waals surface area contributed by atoms with Crippen molar-refractivity contribution < 1.29 is 9.21 Å². The largest absolute Gasteiger partial charge is 0.411 e. The van der Waals surface area contributed by atoms with Crippen LogP contribution in [0.4, 0.5) is 0 Å². The molecule has 0 radical (unpaired) electrons. The second-order valence-corrected chi connectivity index (χ2v) is 7.47. The molecule has 0 saturated carbocycles. The van der Waals surface area contributed by atoms with Gasteiger partial charge in [0.1, 0.15) is 0 Å². The van der Waals surface area contributed by atoms with Gasteiger partial charge in [-0.3, -0.25) is 4.79 Å². The number of thioether (sulfide) groups is 1. The molecule has 2 aromatic rings. The van der Waals surface area contributed by atoms with Gasteiger partial charge in [-0.15, -0.1) is 10.2 Å². The van der Waals surface area contributed by atoms with Gasteiger partial charge in [-0.1, -0.05) is 43.3 Å². The molecule has 1 heterocycles. The van der Waals surface area contributed by atoms with E-state index in [1.165, 1.54) is 11.8 Å². The molecular formula is C17H22ClN3O2S. The molecule has 2 rings (SSSR count). The van der Waals surface area contributed by atoms with Crippen molar-refractivity contribution in [3.05, 3.63) is 29.3 Å². The van der Waals surface area contributed by atoms with Gasteiger partial charge in [0.05, 0.1) is 5.75 Å². The Balaban J connectivity index is 1.81. The van der Waals surface area contributed by atoms with Crippen LogP contribution in [0.2, 0.25) is 5.02 Å². The van der Waals surface area contributed by atoms with Crippen molar-refractivity contribution in [2.75, 3.05) is 5.75 Å². The molecule has 1 aromatic heterocycles. The Morgan fingerprint density at radius 2 is 2.08 bits per heavy atom. The number of amides is 1. The monoisotopic (exact) mass is 367 g/mol. The zero-order valence-electron chi connectivity index (χ0n) is 14.1. The fourth-order valence-corrected chi connectivity index (χ4v) is 2.87. The summed E-state index contributed by atoms with van der Waals surface area (Å²) in [4.78, 5) is 12.0. The standard InChI is InChI=1S/C17H22ClN3O2S/c1-11(2)7-8-12(3)19-15(22)10-24-17-21-20-16(23-17)13-5-4-6-14(18)9-13/h4-6,9,11-12H,7-8,10H2,1-3H3,(H,19,22)/t12-/m0/s1. The molecule has 1 N–H and O–H groups in total. The Hall–Kier alpha value is -1.53. The molecule has 0 bridgehead atoms. The molecule has 5 nitrogen and oxygen atoms in total. The van der Waals surface area contributed by atoms with Gasteiger partial charge in [-0.2, -0.15) is 0 Å². The number of rotatable bonds is 8. The summed E-state index contributed by atoms with van der Waals surface area (Å²) in [5.74, 6) is 1.26. The van der Waals surface area contributed by atoms with Crippen LogP contribution in [0.25, 0.3) is 11.5 Å². The van der Waals surface area contributed by atoms with Crippen LogP contribution in [-0.2, 0) is 4.79 Å². The van der Waals surface area contributed by atoms with Crippen molar-refractivity contribution in [1.29, 1.82) is 0 Å². The first kappa shape index (κ1) is 18.8. The van der Waals surface area contributed by atoms with Crippen LogP contribution in [0.5, 0.6) is 0 Å². The predicted octanol–water partition coefficient (Wildman–Crippen LogP) is 4.42. The molecule has 7 heteroatoms. The third-order valence-corrected chi connectivity index (χ3v) is 4.44. The van der Waals surface area contributed by atoms with Crippen molar-refractivity contribution in [1.82, 2.24) is 15.5 Å². The van der Waals surface area contributed by atoms with Gasteiger partial charge in [0.15, 0.2) is 0 Å². The Bertz CT molecular complexity index is 675. The van der Waals surface area contributed by atoms with Crippen LogP contribution in [0.15, 0.2) is 33.9 Å². The van der Waals surface area contributed by atoms with Gasteiger partial charge < -0.3 is 9.73 Å². The molecule has 0 aliphatic heterocycles. The van der Waals surface area contributed by atoms with Gasteiger partial charge in [-0.25, -0.2) is 0 Å². The highest BCUT2D eigenvalue weighted by Gasteiger charge is 2.13. The number of hydrogen-bond acceptors (Lipinski definition) is 5. The van der Waals surface area contributed by atoms with Gasteiger partial charge in [0.2, 0.25) is 11.8 Å². The van der Waals surface area contributed by atoms with Gasteiger partial charge in [0.25, 0.3) is 5.22 Å². The first-order chi connectivity index (χ1) is 11.4. The highest BCUT2D eigenvalue weighted by Crippen LogP contribution is 2.25. The Kier molecular flexibility index (Phi) is 7.12. The fraction of sp³-hybridized carbons (Fsp3) is 0.471. The summed E-state index contributed by atoms with van der Waals surface area (Å²) in [6.07, 6.45) is 2.08. The lowest BCUT2D eigenvalue weighted by atomic mass is 10.0. The topological polar surface area (TPSA) is 68.0 Å². The van der Waals surface area contributed by atoms with E-state index in [0.717, 1.165) is 18.4 Å². The highest BCUT2D eigenvalue weighted by molar-refractivity contribution is 7.99. The van der Waals surface area contributed by atoms with Gasteiger partial charge in [-0.05, 0) is 43.9 Å². The molecule has 0 fully saturated rings. The summed E-state index contributed by atoms with van der Waals surface area (Å²) in [6.45, 7) is 6.38. The quantitative estimate of drug-likeness (QED) is 0.699. The summed E-state index contributed by atoms with van der Waals surface area (Å²) in [5.41, 5.74) is 0.758. The first-order valence-electron chi connectivity index (χ1n) is 7.95. The molecule has 0 aliphatic rings. The maximum absolute atomic E-state index is 12.0. The maximum atomic E-state index is 12.0. The highest BCUT2D eigenvalue weighted by atomic mass is 35.5. The SMILES string of the molecule is CC(C)CC[C@H](C)NC(=O)CSc1nnc(-c2cccc(Cl)c2)o1. The molecule has 1 amide bonds. The van der Waals surface area contributed by atoms with E-state index in [9.17, 15) is 4.79 Å². The number of aromatic nitrogens is 2. The van der Waals surface area contributed by atoms with E-state index < -0.39 is 0 Å². The number of nitrogens with one attached hydrogen (secondary N) is 1. The van der Waals surface area contributed by atoms with Crippen LogP contribution >= 0.6 is 23.4 Å². The van der Waals surface area contributed by atoms with E-state index in [1.54, 1.807) is 12.1 Å². The zero-order valence-corrected chi connectivity index (χ0v) is 15.7. The van der Waals surface area contributed by atoms with Crippen LogP contribution in [0.1, 0.15) is 33.6 Å². The number of hydrogen-bond donors (Lipinski definition) is 1. The van der Waals surface area contributed by atoms with E-state index in [-0.39, 0.29) is 17.7 Å². The normalized spacial score (nSPS) is 12.4. The number of nitrogens with zero attached hydrogens (tertiary/aromatic N) is 2. The molecule has 0 saturated heterocycles. The summed E-state index contributed by atoms with van der Waals surface area (Å²) in [7, 11) is 0. The van der Waals surface area contributed by atoms with E-state index in [1.807, 2.05) is 19.1 Å². The second kappa shape index (κ2) is 9.08. The average Bonchev–Trinajstić information content (AvgIpc) is 3.00. The molecule has 1 atom stereocenters. The minimum atomic E-state index is -0.0289. The molecule has 130 valence electrons. The molecule has 24 heavy (non-hydrogen) atoms. The molecule has 0 spiro atoms. The maximum Gasteiger partial charge on any atom is 0.277 e. The van der Waals surface area contributed by atoms with Crippen molar-refractivity contribution in [3.63, 3.8) is 0 Å². The van der Waals surface area contributed by atoms with Crippen LogP contribution in [0, 0.1) is 5.92 Å². The predicted molar refractivity (Wildman–Crippen MR) is 97.1 cm³/mol. The number of carbonyl (C=O) groups excluding carboxylic acids is 1. The van der Waals surface area contributed by atoms with Crippen LogP contribution in [0.3, 0.4) is 0 Å². The third-order valence-electron chi connectivity index (χ3n) is 3.39. The van der Waals surface area contributed by atoms with Crippen LogP contribution in [-0.4, -0.2) is 27.9 Å². The zero-order chi connectivity index (χ0) is 17.5. The van der Waals surface area contributed by atoms with E-state index in [0.29, 0.717) is 22.1 Å².